The first kappa shape index (κ1) is 17.7. The second kappa shape index (κ2) is 8.35. The van der Waals surface area contributed by atoms with Crippen LogP contribution in [0.25, 0.3) is 11.0 Å². The molecule has 5 heteroatoms. The quantitative estimate of drug-likeness (QED) is 0.709. The largest absolute Gasteiger partial charge is 0.497 e. The molecule has 5 nitrogen and oxygen atoms in total. The summed E-state index contributed by atoms with van der Waals surface area (Å²) in [5.41, 5.74) is 3.14. The molecular weight excluding hydrogens is 336 g/mol. The van der Waals surface area contributed by atoms with Crippen LogP contribution in [0.2, 0.25) is 0 Å². The summed E-state index contributed by atoms with van der Waals surface area (Å²) in [7, 11) is 1.71. The van der Waals surface area contributed by atoms with Crippen molar-refractivity contribution in [2.45, 2.75) is 25.3 Å². The predicted octanol–water partition coefficient (Wildman–Crippen LogP) is 4.28. The van der Waals surface area contributed by atoms with E-state index in [1.807, 2.05) is 42.6 Å². The molecule has 1 fully saturated rings. The van der Waals surface area contributed by atoms with E-state index >= 15 is 0 Å². The Bertz CT molecular complexity index is 875. The number of hydrogen-bond donors (Lipinski definition) is 1. The maximum absolute atomic E-state index is 5.32. The second-order valence-electron chi connectivity index (χ2n) is 7.01. The van der Waals surface area contributed by atoms with Crippen LogP contribution in [0.4, 0.5) is 5.82 Å². The normalized spacial score (nSPS) is 16.2. The number of nitrogens with zero attached hydrogens (tertiary/aromatic N) is 3. The van der Waals surface area contributed by atoms with Crippen molar-refractivity contribution in [1.29, 1.82) is 0 Å². The van der Waals surface area contributed by atoms with E-state index in [9.17, 15) is 0 Å². The van der Waals surface area contributed by atoms with Crippen molar-refractivity contribution in [3.63, 3.8) is 0 Å². The van der Waals surface area contributed by atoms with Gasteiger partial charge in [-0.3, -0.25) is 9.88 Å². The molecule has 1 N–H and O–H groups in total. The van der Waals surface area contributed by atoms with E-state index in [1.54, 1.807) is 7.11 Å². The lowest BCUT2D eigenvalue weighted by Crippen LogP contribution is -2.37. The van der Waals surface area contributed by atoms with Crippen molar-refractivity contribution in [3.8, 4) is 5.75 Å². The van der Waals surface area contributed by atoms with Crippen LogP contribution in [0, 0.1) is 0 Å². The molecule has 0 spiro atoms. The van der Waals surface area contributed by atoms with Crippen LogP contribution < -0.4 is 10.1 Å². The Morgan fingerprint density at radius 2 is 1.74 bits per heavy atom. The number of hydrogen-bond acceptors (Lipinski definition) is 5. The predicted molar refractivity (Wildman–Crippen MR) is 109 cm³/mol. The Morgan fingerprint density at radius 3 is 2.48 bits per heavy atom. The van der Waals surface area contributed by atoms with Gasteiger partial charge in [-0.25, -0.2) is 4.98 Å². The number of aromatic nitrogens is 2. The number of benzene rings is 2. The number of rotatable bonds is 6. The van der Waals surface area contributed by atoms with Crippen molar-refractivity contribution in [1.82, 2.24) is 14.9 Å². The van der Waals surface area contributed by atoms with Crippen molar-refractivity contribution >= 4 is 16.9 Å². The third kappa shape index (κ3) is 4.19. The number of likely N-dealkylation sites (tertiary alicyclic amines) is 1. The molecule has 1 saturated heterocycles. The number of nitrogens with one attached hydrogen (secondary N) is 1. The van der Waals surface area contributed by atoms with E-state index in [4.69, 9.17) is 9.72 Å². The highest BCUT2D eigenvalue weighted by atomic mass is 16.5. The van der Waals surface area contributed by atoms with E-state index in [1.165, 1.54) is 24.8 Å². The highest BCUT2D eigenvalue weighted by molar-refractivity contribution is 5.75. The Hall–Kier alpha value is -2.66. The average Bonchev–Trinajstić information content (AvgIpc) is 2.75. The lowest BCUT2D eigenvalue weighted by atomic mass is 10.0. The maximum atomic E-state index is 5.32. The number of fused-ring (bicyclic) bond motifs is 1. The summed E-state index contributed by atoms with van der Waals surface area (Å²) in [5.74, 6) is 1.72. The standard InChI is InChI=1S/C22H26N4O/c1-27-18-11-9-17(10-12-18)21(26-13-5-2-6-14-26)15-24-22-16-23-19-7-3-4-8-20(19)25-22/h3-4,7-12,16,21H,2,5-6,13-15H2,1H3,(H,24,25). The molecule has 2 heterocycles. The van der Waals surface area contributed by atoms with Crippen molar-refractivity contribution < 1.29 is 4.74 Å². The summed E-state index contributed by atoms with van der Waals surface area (Å²) in [5, 5.41) is 3.51. The van der Waals surface area contributed by atoms with Gasteiger partial charge in [-0.1, -0.05) is 30.7 Å². The second-order valence-corrected chi connectivity index (χ2v) is 7.01. The van der Waals surface area contributed by atoms with Gasteiger partial charge in [-0.2, -0.15) is 0 Å². The zero-order valence-electron chi connectivity index (χ0n) is 15.8. The van der Waals surface area contributed by atoms with Gasteiger partial charge >= 0.3 is 0 Å². The lowest BCUT2D eigenvalue weighted by Gasteiger charge is -2.35. The molecule has 1 atom stereocenters. The maximum Gasteiger partial charge on any atom is 0.145 e. The topological polar surface area (TPSA) is 50.3 Å². The van der Waals surface area contributed by atoms with E-state index in [2.05, 4.69) is 27.3 Å². The number of anilines is 1. The van der Waals surface area contributed by atoms with Crippen LogP contribution in [0.3, 0.4) is 0 Å². The summed E-state index contributed by atoms with van der Waals surface area (Å²) in [6.07, 6.45) is 5.68. The molecule has 3 aromatic rings. The van der Waals surface area contributed by atoms with Gasteiger partial charge in [0, 0.05) is 6.54 Å². The SMILES string of the molecule is COc1ccc(C(CNc2cnc3ccccc3n2)N2CCCCC2)cc1. The van der Waals surface area contributed by atoms with Crippen molar-refractivity contribution in [2.24, 2.45) is 0 Å². The van der Waals surface area contributed by atoms with E-state index in [0.29, 0.717) is 6.04 Å². The van der Waals surface area contributed by atoms with Gasteiger partial charge in [0.05, 0.1) is 30.4 Å². The first-order valence-corrected chi connectivity index (χ1v) is 9.67. The van der Waals surface area contributed by atoms with Crippen LogP contribution in [0.15, 0.2) is 54.7 Å². The van der Waals surface area contributed by atoms with Crippen molar-refractivity contribution in [3.05, 3.63) is 60.3 Å². The third-order valence-corrected chi connectivity index (χ3v) is 5.26. The van der Waals surface area contributed by atoms with Crippen LogP contribution in [-0.2, 0) is 0 Å². The minimum Gasteiger partial charge on any atom is -0.497 e. The fraction of sp³-hybridized carbons (Fsp3) is 0.364. The first-order chi connectivity index (χ1) is 13.3. The molecule has 0 aliphatic carbocycles. The van der Waals surface area contributed by atoms with E-state index in [0.717, 1.165) is 42.2 Å². The number of para-hydroxylation sites is 2. The molecule has 2 aromatic carbocycles. The van der Waals surface area contributed by atoms with Gasteiger partial charge in [0.2, 0.25) is 0 Å². The average molecular weight is 362 g/mol. The zero-order chi connectivity index (χ0) is 18.5. The summed E-state index contributed by atoms with van der Waals surface area (Å²) < 4.78 is 5.32. The fourth-order valence-electron chi connectivity index (χ4n) is 3.76. The van der Waals surface area contributed by atoms with Crippen LogP contribution >= 0.6 is 0 Å². The molecule has 4 rings (SSSR count). The zero-order valence-corrected chi connectivity index (χ0v) is 15.8. The third-order valence-electron chi connectivity index (χ3n) is 5.26. The highest BCUT2D eigenvalue weighted by Gasteiger charge is 2.22. The van der Waals surface area contributed by atoms with Crippen LogP contribution in [0.1, 0.15) is 30.9 Å². The summed E-state index contributed by atoms with van der Waals surface area (Å²) in [6.45, 7) is 3.09. The Labute approximate surface area is 160 Å². The monoisotopic (exact) mass is 362 g/mol. The van der Waals surface area contributed by atoms with Gasteiger partial charge in [-0.15, -0.1) is 0 Å². The summed E-state index contributed by atoms with van der Waals surface area (Å²) in [6, 6.07) is 16.7. The number of piperidine rings is 1. The summed E-state index contributed by atoms with van der Waals surface area (Å²) >= 11 is 0. The van der Waals surface area contributed by atoms with Gasteiger partial charge in [-0.05, 0) is 55.8 Å². The molecule has 1 unspecified atom stereocenters. The Morgan fingerprint density at radius 1 is 1.00 bits per heavy atom. The van der Waals surface area contributed by atoms with Crippen LogP contribution in [-0.4, -0.2) is 41.6 Å². The highest BCUT2D eigenvalue weighted by Crippen LogP contribution is 2.26. The molecule has 27 heavy (non-hydrogen) atoms. The molecule has 1 aliphatic heterocycles. The smallest absolute Gasteiger partial charge is 0.145 e. The Balaban J connectivity index is 1.53. The lowest BCUT2D eigenvalue weighted by molar-refractivity contribution is 0.170. The van der Waals surface area contributed by atoms with Gasteiger partial charge in [0.1, 0.15) is 11.6 Å². The molecule has 0 radical (unpaired) electrons. The molecule has 0 amide bonds. The molecular formula is C22H26N4O. The van der Waals surface area contributed by atoms with Gasteiger partial charge in [0.25, 0.3) is 0 Å². The molecule has 1 aliphatic rings. The molecule has 140 valence electrons. The number of methoxy groups -OCH3 is 1. The van der Waals surface area contributed by atoms with Gasteiger partial charge in [0.15, 0.2) is 0 Å². The summed E-state index contributed by atoms with van der Waals surface area (Å²) in [4.78, 5) is 11.8. The number of ether oxygens (including phenoxy) is 1. The van der Waals surface area contributed by atoms with Crippen LogP contribution in [0.5, 0.6) is 5.75 Å². The van der Waals surface area contributed by atoms with Gasteiger partial charge < -0.3 is 10.1 Å². The molecule has 0 bridgehead atoms. The molecule has 0 saturated carbocycles. The fourth-order valence-corrected chi connectivity index (χ4v) is 3.76. The van der Waals surface area contributed by atoms with E-state index < -0.39 is 0 Å². The first-order valence-electron chi connectivity index (χ1n) is 9.67. The van der Waals surface area contributed by atoms with E-state index in [-0.39, 0.29) is 0 Å². The Kier molecular flexibility index (Phi) is 5.49. The minimum absolute atomic E-state index is 0.310. The van der Waals surface area contributed by atoms with Crippen molar-refractivity contribution in [2.75, 3.05) is 32.1 Å². The minimum atomic E-state index is 0.310. The molecule has 1 aromatic heterocycles.